The number of nitrogens with one attached hydrogen (secondary N) is 1. The average Bonchev–Trinajstić information content (AvgIpc) is 3.21. The summed E-state index contributed by atoms with van der Waals surface area (Å²) in [5, 5.41) is 6.60. The van der Waals surface area contributed by atoms with Gasteiger partial charge in [-0.25, -0.2) is 9.78 Å². The van der Waals surface area contributed by atoms with E-state index in [1.54, 1.807) is 23.3 Å². The van der Waals surface area contributed by atoms with Crippen molar-refractivity contribution < 1.29 is 9.53 Å². The molecule has 1 saturated heterocycles. The number of thiazole rings is 1. The number of aryl methyl sites for hydroxylation is 1. The minimum Gasteiger partial charge on any atom is -0.450 e. The van der Waals surface area contributed by atoms with Gasteiger partial charge in [-0.1, -0.05) is 29.8 Å². The zero-order valence-corrected chi connectivity index (χ0v) is 18.2. The second-order valence-electron chi connectivity index (χ2n) is 6.91. The highest BCUT2D eigenvalue weighted by molar-refractivity contribution is 7.13. The molecule has 7 nitrogen and oxygen atoms in total. The van der Waals surface area contributed by atoms with E-state index in [-0.39, 0.29) is 6.09 Å². The van der Waals surface area contributed by atoms with Gasteiger partial charge in [-0.15, -0.1) is 11.3 Å². The molecule has 1 aromatic heterocycles. The normalized spacial score (nSPS) is 14.8. The first-order chi connectivity index (χ1) is 14.1. The molecule has 1 amide bonds. The molecule has 1 fully saturated rings. The van der Waals surface area contributed by atoms with Crippen molar-refractivity contribution in [2.75, 3.05) is 46.4 Å². The van der Waals surface area contributed by atoms with Crippen LogP contribution in [0.15, 0.2) is 34.6 Å². The SMILES string of the molecule is CCOC(=O)N1CCN(C(=NC)NCCc2csc(-c3ccc(C)cc3)n2)CC1. The van der Waals surface area contributed by atoms with E-state index in [0.29, 0.717) is 19.7 Å². The van der Waals surface area contributed by atoms with E-state index in [2.05, 4.69) is 51.8 Å². The minimum atomic E-state index is -0.233. The van der Waals surface area contributed by atoms with Gasteiger partial charge < -0.3 is 19.9 Å². The van der Waals surface area contributed by atoms with Crippen molar-refractivity contribution in [2.45, 2.75) is 20.3 Å². The van der Waals surface area contributed by atoms with Gasteiger partial charge in [0.15, 0.2) is 5.96 Å². The van der Waals surface area contributed by atoms with Crippen LogP contribution in [-0.4, -0.2) is 73.2 Å². The second kappa shape index (κ2) is 10.2. The first kappa shape index (κ1) is 21.1. The van der Waals surface area contributed by atoms with Gasteiger partial charge in [0.1, 0.15) is 5.01 Å². The van der Waals surface area contributed by atoms with Crippen LogP contribution in [0.4, 0.5) is 4.79 Å². The Morgan fingerprint density at radius 2 is 1.90 bits per heavy atom. The maximum atomic E-state index is 11.8. The summed E-state index contributed by atoms with van der Waals surface area (Å²) in [4.78, 5) is 24.9. The van der Waals surface area contributed by atoms with E-state index in [4.69, 9.17) is 9.72 Å². The monoisotopic (exact) mass is 415 g/mol. The Labute approximate surface area is 176 Å². The van der Waals surface area contributed by atoms with Crippen molar-refractivity contribution >= 4 is 23.4 Å². The van der Waals surface area contributed by atoms with Gasteiger partial charge in [0.05, 0.1) is 12.3 Å². The molecule has 2 heterocycles. The van der Waals surface area contributed by atoms with E-state index in [1.165, 1.54) is 5.56 Å². The minimum absolute atomic E-state index is 0.233. The Morgan fingerprint density at radius 1 is 1.21 bits per heavy atom. The summed E-state index contributed by atoms with van der Waals surface area (Å²) >= 11 is 1.68. The van der Waals surface area contributed by atoms with Crippen LogP contribution in [-0.2, 0) is 11.2 Å². The van der Waals surface area contributed by atoms with Crippen LogP contribution in [0.25, 0.3) is 10.6 Å². The molecule has 1 aromatic carbocycles. The quantitative estimate of drug-likeness (QED) is 0.600. The van der Waals surface area contributed by atoms with Crippen molar-refractivity contribution in [2.24, 2.45) is 4.99 Å². The second-order valence-corrected chi connectivity index (χ2v) is 7.77. The molecule has 1 N–H and O–H groups in total. The molecular weight excluding hydrogens is 386 g/mol. The van der Waals surface area contributed by atoms with Crippen molar-refractivity contribution in [3.63, 3.8) is 0 Å². The van der Waals surface area contributed by atoms with Crippen LogP contribution >= 0.6 is 11.3 Å². The fourth-order valence-electron chi connectivity index (χ4n) is 3.20. The van der Waals surface area contributed by atoms with E-state index in [0.717, 1.165) is 48.3 Å². The molecule has 3 rings (SSSR count). The fourth-order valence-corrected chi connectivity index (χ4v) is 4.06. The third-order valence-electron chi connectivity index (χ3n) is 4.83. The smallest absolute Gasteiger partial charge is 0.409 e. The number of guanidine groups is 1. The van der Waals surface area contributed by atoms with Crippen molar-refractivity contribution in [1.82, 2.24) is 20.1 Å². The number of rotatable bonds is 5. The lowest BCUT2D eigenvalue weighted by Crippen LogP contribution is -2.54. The van der Waals surface area contributed by atoms with Gasteiger partial charge in [-0.2, -0.15) is 0 Å². The number of aliphatic imine (C=N–C) groups is 1. The zero-order chi connectivity index (χ0) is 20.6. The molecule has 0 radical (unpaired) electrons. The lowest BCUT2D eigenvalue weighted by Gasteiger charge is -2.35. The molecule has 0 spiro atoms. The van der Waals surface area contributed by atoms with Crippen LogP contribution in [0, 0.1) is 6.92 Å². The van der Waals surface area contributed by atoms with Crippen LogP contribution in [0.1, 0.15) is 18.2 Å². The fraction of sp³-hybridized carbons (Fsp3) is 0.476. The number of hydrogen-bond acceptors (Lipinski definition) is 5. The van der Waals surface area contributed by atoms with Crippen LogP contribution in [0.3, 0.4) is 0 Å². The first-order valence-electron chi connectivity index (χ1n) is 9.99. The number of carbonyl (C=O) groups excluding carboxylic acids is 1. The molecule has 0 aliphatic carbocycles. The van der Waals surface area contributed by atoms with Gasteiger partial charge >= 0.3 is 6.09 Å². The van der Waals surface area contributed by atoms with Gasteiger partial charge in [-0.3, -0.25) is 4.99 Å². The number of piperazine rings is 1. The molecule has 2 aromatic rings. The van der Waals surface area contributed by atoms with Gasteiger partial charge in [0, 0.05) is 57.1 Å². The maximum Gasteiger partial charge on any atom is 0.409 e. The summed E-state index contributed by atoms with van der Waals surface area (Å²) in [6.07, 6.45) is 0.604. The predicted octanol–water partition coefficient (Wildman–Crippen LogP) is 3.01. The largest absolute Gasteiger partial charge is 0.450 e. The Hall–Kier alpha value is -2.61. The van der Waals surface area contributed by atoms with Gasteiger partial charge in [0.2, 0.25) is 0 Å². The van der Waals surface area contributed by atoms with Gasteiger partial charge in [0.25, 0.3) is 0 Å². The van der Waals surface area contributed by atoms with E-state index < -0.39 is 0 Å². The Balaban J connectivity index is 1.46. The summed E-state index contributed by atoms with van der Waals surface area (Å²) in [7, 11) is 1.79. The Morgan fingerprint density at radius 3 is 2.55 bits per heavy atom. The van der Waals surface area contributed by atoms with Crippen LogP contribution in [0.5, 0.6) is 0 Å². The predicted molar refractivity (Wildman–Crippen MR) is 118 cm³/mol. The first-order valence-corrected chi connectivity index (χ1v) is 10.9. The number of aromatic nitrogens is 1. The molecule has 0 saturated carbocycles. The van der Waals surface area contributed by atoms with Gasteiger partial charge in [-0.05, 0) is 13.8 Å². The summed E-state index contributed by atoms with van der Waals surface area (Å²) in [6, 6.07) is 8.47. The number of benzene rings is 1. The summed E-state index contributed by atoms with van der Waals surface area (Å²) in [6.45, 7) is 7.86. The Kier molecular flexibility index (Phi) is 7.46. The maximum absolute atomic E-state index is 11.8. The molecule has 0 atom stereocenters. The van der Waals surface area contributed by atoms with Crippen molar-refractivity contribution in [3.05, 3.63) is 40.9 Å². The molecule has 156 valence electrons. The van der Waals surface area contributed by atoms with E-state index in [1.807, 2.05) is 6.92 Å². The van der Waals surface area contributed by atoms with E-state index in [9.17, 15) is 4.79 Å². The molecule has 8 heteroatoms. The third-order valence-corrected chi connectivity index (χ3v) is 5.77. The van der Waals surface area contributed by atoms with E-state index >= 15 is 0 Å². The summed E-state index contributed by atoms with van der Waals surface area (Å²) in [5.41, 5.74) is 3.50. The molecule has 0 unspecified atom stereocenters. The van der Waals surface area contributed by atoms with Crippen molar-refractivity contribution in [3.8, 4) is 10.6 Å². The highest BCUT2D eigenvalue weighted by Crippen LogP contribution is 2.24. The zero-order valence-electron chi connectivity index (χ0n) is 17.4. The standard InChI is InChI=1S/C21H29N5O2S/c1-4-28-21(27)26-13-11-25(12-14-26)20(22-3)23-10-9-18-15-29-19(24-18)17-7-5-16(2)6-8-17/h5-8,15H,4,9-14H2,1-3H3,(H,22,23). The van der Waals surface area contributed by atoms with Crippen LogP contribution in [0.2, 0.25) is 0 Å². The number of hydrogen-bond donors (Lipinski definition) is 1. The molecule has 0 bridgehead atoms. The number of amides is 1. The highest BCUT2D eigenvalue weighted by Gasteiger charge is 2.23. The highest BCUT2D eigenvalue weighted by atomic mass is 32.1. The van der Waals surface area contributed by atoms with Crippen molar-refractivity contribution in [1.29, 1.82) is 0 Å². The number of carbonyl (C=O) groups is 1. The Bertz CT molecular complexity index is 826. The lowest BCUT2D eigenvalue weighted by atomic mass is 10.2. The molecule has 1 aliphatic rings. The topological polar surface area (TPSA) is 70.1 Å². The molecular formula is C21H29N5O2S. The summed E-state index contributed by atoms with van der Waals surface area (Å²) in [5.74, 6) is 0.863. The molecule has 1 aliphatic heterocycles. The number of ether oxygens (including phenoxy) is 1. The lowest BCUT2D eigenvalue weighted by molar-refractivity contribution is 0.0914. The average molecular weight is 416 g/mol. The third kappa shape index (κ3) is 5.69. The summed E-state index contributed by atoms with van der Waals surface area (Å²) < 4.78 is 5.07. The molecule has 29 heavy (non-hydrogen) atoms. The number of nitrogens with zero attached hydrogens (tertiary/aromatic N) is 4. The van der Waals surface area contributed by atoms with Crippen LogP contribution < -0.4 is 5.32 Å².